The van der Waals surface area contributed by atoms with Crippen molar-refractivity contribution in [3.8, 4) is 5.88 Å². The van der Waals surface area contributed by atoms with E-state index in [9.17, 15) is 0 Å². The molecule has 0 amide bonds. The second-order valence-corrected chi connectivity index (χ2v) is 2.31. The molecule has 60 valence electrons. The lowest BCUT2D eigenvalue weighted by atomic mass is 10.2. The molecule has 0 aliphatic carbocycles. The molecule has 0 saturated carbocycles. The molecule has 1 aromatic heterocycles. The fourth-order valence-corrected chi connectivity index (χ4v) is 1.03. The van der Waals surface area contributed by atoms with Crippen LogP contribution in [0.3, 0.4) is 0 Å². The lowest BCUT2D eigenvalue weighted by Crippen LogP contribution is -1.98. The Bertz CT molecular complexity index is 226. The monoisotopic (exact) mass is 152 g/mol. The van der Waals surface area contributed by atoms with Gasteiger partial charge in [-0.25, -0.2) is 9.97 Å². The standard InChI is InChI=1S/C8H12N2O/c1-4-7-6(2)8(11-3)10-5-9-7/h5H,4H2,1-3H3. The van der Waals surface area contributed by atoms with Gasteiger partial charge in [0.25, 0.3) is 0 Å². The predicted octanol–water partition coefficient (Wildman–Crippen LogP) is 1.36. The van der Waals surface area contributed by atoms with Crippen LogP contribution in [0, 0.1) is 6.92 Å². The minimum atomic E-state index is 0.678. The van der Waals surface area contributed by atoms with E-state index in [0.29, 0.717) is 5.88 Å². The van der Waals surface area contributed by atoms with E-state index in [0.717, 1.165) is 17.7 Å². The first-order chi connectivity index (χ1) is 5.29. The maximum atomic E-state index is 5.04. The number of methoxy groups -OCH3 is 1. The topological polar surface area (TPSA) is 35.0 Å². The van der Waals surface area contributed by atoms with Crippen LogP contribution in [0.1, 0.15) is 18.2 Å². The van der Waals surface area contributed by atoms with E-state index in [1.807, 2.05) is 6.92 Å². The molecule has 0 aliphatic heterocycles. The van der Waals surface area contributed by atoms with Crippen molar-refractivity contribution in [2.45, 2.75) is 20.3 Å². The van der Waals surface area contributed by atoms with Gasteiger partial charge >= 0.3 is 0 Å². The Balaban J connectivity index is 3.10. The molecule has 0 aromatic carbocycles. The number of aryl methyl sites for hydroxylation is 1. The zero-order valence-corrected chi connectivity index (χ0v) is 7.09. The first kappa shape index (κ1) is 7.98. The van der Waals surface area contributed by atoms with E-state index >= 15 is 0 Å². The van der Waals surface area contributed by atoms with Crippen LogP contribution in [0.15, 0.2) is 6.33 Å². The molecule has 0 spiro atoms. The first-order valence-corrected chi connectivity index (χ1v) is 3.64. The molecule has 0 atom stereocenters. The quantitative estimate of drug-likeness (QED) is 0.641. The summed E-state index contributed by atoms with van der Waals surface area (Å²) in [6.45, 7) is 4.03. The summed E-state index contributed by atoms with van der Waals surface area (Å²) in [6, 6.07) is 0. The van der Waals surface area contributed by atoms with Gasteiger partial charge in [-0.2, -0.15) is 0 Å². The van der Waals surface area contributed by atoms with Crippen LogP contribution in [0.4, 0.5) is 0 Å². The molecular weight excluding hydrogens is 140 g/mol. The van der Waals surface area contributed by atoms with E-state index < -0.39 is 0 Å². The Morgan fingerprint density at radius 1 is 1.45 bits per heavy atom. The van der Waals surface area contributed by atoms with E-state index in [1.54, 1.807) is 7.11 Å². The smallest absolute Gasteiger partial charge is 0.219 e. The summed E-state index contributed by atoms with van der Waals surface area (Å²) in [4.78, 5) is 8.09. The van der Waals surface area contributed by atoms with Crippen LogP contribution in [-0.4, -0.2) is 17.1 Å². The molecule has 0 unspecified atom stereocenters. The third-order valence-electron chi connectivity index (χ3n) is 1.67. The van der Waals surface area contributed by atoms with Gasteiger partial charge in [-0.3, -0.25) is 0 Å². The van der Waals surface area contributed by atoms with Crippen molar-refractivity contribution in [3.05, 3.63) is 17.6 Å². The van der Waals surface area contributed by atoms with Crippen LogP contribution >= 0.6 is 0 Å². The van der Waals surface area contributed by atoms with Gasteiger partial charge < -0.3 is 4.74 Å². The minimum Gasteiger partial charge on any atom is -0.481 e. The Morgan fingerprint density at radius 3 is 2.73 bits per heavy atom. The van der Waals surface area contributed by atoms with Gasteiger partial charge in [0.1, 0.15) is 6.33 Å². The molecule has 1 rings (SSSR count). The third kappa shape index (κ3) is 1.48. The van der Waals surface area contributed by atoms with Gasteiger partial charge in [0.15, 0.2) is 0 Å². The molecule has 3 heteroatoms. The van der Waals surface area contributed by atoms with Crippen molar-refractivity contribution in [1.29, 1.82) is 0 Å². The van der Waals surface area contributed by atoms with Gasteiger partial charge in [0.05, 0.1) is 12.8 Å². The van der Waals surface area contributed by atoms with E-state index in [2.05, 4.69) is 16.9 Å². The van der Waals surface area contributed by atoms with Crippen LogP contribution in [0.25, 0.3) is 0 Å². The SMILES string of the molecule is CCc1ncnc(OC)c1C. The second kappa shape index (κ2) is 3.32. The zero-order valence-electron chi connectivity index (χ0n) is 7.09. The average molecular weight is 152 g/mol. The van der Waals surface area contributed by atoms with Crippen molar-refractivity contribution in [1.82, 2.24) is 9.97 Å². The van der Waals surface area contributed by atoms with Gasteiger partial charge in [-0.1, -0.05) is 6.92 Å². The largest absolute Gasteiger partial charge is 0.481 e. The second-order valence-electron chi connectivity index (χ2n) is 2.31. The fraction of sp³-hybridized carbons (Fsp3) is 0.500. The van der Waals surface area contributed by atoms with Crippen molar-refractivity contribution in [2.75, 3.05) is 7.11 Å². The number of nitrogens with zero attached hydrogens (tertiary/aromatic N) is 2. The Morgan fingerprint density at radius 2 is 2.18 bits per heavy atom. The highest BCUT2D eigenvalue weighted by atomic mass is 16.5. The van der Waals surface area contributed by atoms with Crippen LogP contribution < -0.4 is 4.74 Å². The summed E-state index contributed by atoms with van der Waals surface area (Å²) in [5.74, 6) is 0.678. The number of aromatic nitrogens is 2. The lowest BCUT2D eigenvalue weighted by Gasteiger charge is -2.04. The molecule has 0 bridgehead atoms. The highest BCUT2D eigenvalue weighted by molar-refractivity contribution is 5.27. The predicted molar refractivity (Wildman–Crippen MR) is 42.7 cm³/mol. The molecule has 0 saturated heterocycles. The maximum Gasteiger partial charge on any atom is 0.219 e. The molecular formula is C8H12N2O. The summed E-state index contributed by atoms with van der Waals surface area (Å²) in [5, 5.41) is 0. The van der Waals surface area contributed by atoms with E-state index in [1.165, 1.54) is 6.33 Å². The molecule has 0 fully saturated rings. The summed E-state index contributed by atoms with van der Waals surface area (Å²) in [5.41, 5.74) is 2.09. The van der Waals surface area contributed by atoms with Crippen LogP contribution in [0.5, 0.6) is 5.88 Å². The molecule has 1 heterocycles. The lowest BCUT2D eigenvalue weighted by molar-refractivity contribution is 0.392. The highest BCUT2D eigenvalue weighted by Crippen LogP contribution is 2.15. The summed E-state index contributed by atoms with van der Waals surface area (Å²) in [6.07, 6.45) is 2.45. The number of hydrogen-bond acceptors (Lipinski definition) is 3. The van der Waals surface area contributed by atoms with Crippen molar-refractivity contribution in [2.24, 2.45) is 0 Å². The molecule has 1 aromatic rings. The number of ether oxygens (including phenoxy) is 1. The average Bonchev–Trinajstić information content (AvgIpc) is 2.05. The minimum absolute atomic E-state index is 0.678. The Kier molecular flexibility index (Phi) is 2.41. The summed E-state index contributed by atoms with van der Waals surface area (Å²) in [7, 11) is 1.62. The van der Waals surface area contributed by atoms with E-state index in [-0.39, 0.29) is 0 Å². The number of hydrogen-bond donors (Lipinski definition) is 0. The van der Waals surface area contributed by atoms with Gasteiger partial charge in [0.2, 0.25) is 5.88 Å². The Hall–Kier alpha value is -1.12. The molecule has 0 radical (unpaired) electrons. The van der Waals surface area contributed by atoms with Gasteiger partial charge in [-0.05, 0) is 13.3 Å². The third-order valence-corrected chi connectivity index (χ3v) is 1.67. The van der Waals surface area contributed by atoms with Crippen LogP contribution in [0.2, 0.25) is 0 Å². The first-order valence-electron chi connectivity index (χ1n) is 3.64. The maximum absolute atomic E-state index is 5.04. The van der Waals surface area contributed by atoms with E-state index in [4.69, 9.17) is 4.74 Å². The van der Waals surface area contributed by atoms with Crippen LogP contribution in [-0.2, 0) is 6.42 Å². The molecule has 0 aliphatic rings. The summed E-state index contributed by atoms with van der Waals surface area (Å²) >= 11 is 0. The van der Waals surface area contributed by atoms with Gasteiger partial charge in [-0.15, -0.1) is 0 Å². The molecule has 3 nitrogen and oxygen atoms in total. The normalized spacial score (nSPS) is 9.73. The van der Waals surface area contributed by atoms with Crippen molar-refractivity contribution < 1.29 is 4.74 Å². The van der Waals surface area contributed by atoms with Crippen molar-refractivity contribution >= 4 is 0 Å². The van der Waals surface area contributed by atoms with Crippen molar-refractivity contribution in [3.63, 3.8) is 0 Å². The molecule has 0 N–H and O–H groups in total. The Labute approximate surface area is 66.4 Å². The summed E-state index contributed by atoms with van der Waals surface area (Å²) < 4.78 is 5.04. The van der Waals surface area contributed by atoms with Gasteiger partial charge in [0, 0.05) is 5.56 Å². The fourth-order valence-electron chi connectivity index (χ4n) is 1.03. The zero-order chi connectivity index (χ0) is 8.27. The highest BCUT2D eigenvalue weighted by Gasteiger charge is 2.03. The number of rotatable bonds is 2. The molecule has 11 heavy (non-hydrogen) atoms.